The highest BCUT2D eigenvalue weighted by Gasteiger charge is 2.60. The Labute approximate surface area is 168 Å². The molecule has 2 aliphatic heterocycles. The number of hydrogen-bond donors (Lipinski definition) is 0. The number of rotatable bonds is 5. The van der Waals surface area contributed by atoms with Crippen molar-refractivity contribution in [2.75, 3.05) is 33.4 Å². The van der Waals surface area contributed by atoms with Gasteiger partial charge in [-0.1, -0.05) is 17.3 Å². The molecule has 3 aromatic rings. The van der Waals surface area contributed by atoms with Crippen LogP contribution in [0.3, 0.4) is 0 Å². The van der Waals surface area contributed by atoms with Gasteiger partial charge in [-0.05, 0) is 18.2 Å². The van der Waals surface area contributed by atoms with Gasteiger partial charge in [-0.25, -0.2) is 14.1 Å². The van der Waals surface area contributed by atoms with E-state index >= 15 is 0 Å². The van der Waals surface area contributed by atoms with E-state index in [1.165, 1.54) is 6.07 Å². The van der Waals surface area contributed by atoms with E-state index in [9.17, 15) is 4.39 Å². The van der Waals surface area contributed by atoms with Gasteiger partial charge in [-0.15, -0.1) is 5.10 Å². The standard InChI is InChI=1S/C21H23FN5O2/c1-26-17(19(24-25-26)15-6-3-4-7-16(15)22)10-29-20-18(8-5-9-23-20)27(2)11-21(12-27)13-28-14-21/h3-9H,10-14H2,1-2H3/q+1. The van der Waals surface area contributed by atoms with E-state index in [1.54, 1.807) is 36.1 Å². The molecule has 29 heavy (non-hydrogen) atoms. The second-order valence-electron chi connectivity index (χ2n) is 8.31. The Balaban J connectivity index is 1.40. The monoisotopic (exact) mass is 396 g/mol. The van der Waals surface area contributed by atoms with E-state index < -0.39 is 0 Å². The number of ether oxygens (including phenoxy) is 2. The molecule has 0 amide bonds. The molecule has 2 fully saturated rings. The molecule has 0 aliphatic carbocycles. The van der Waals surface area contributed by atoms with E-state index in [4.69, 9.17) is 9.47 Å². The lowest BCUT2D eigenvalue weighted by Crippen LogP contribution is -2.75. The van der Waals surface area contributed by atoms with E-state index in [0.717, 1.165) is 36.5 Å². The Kier molecular flexibility index (Phi) is 4.15. The number of halogens is 1. The van der Waals surface area contributed by atoms with Crippen LogP contribution in [0.4, 0.5) is 10.1 Å². The summed E-state index contributed by atoms with van der Waals surface area (Å²) in [6.07, 6.45) is 1.73. The Morgan fingerprint density at radius 3 is 2.72 bits per heavy atom. The average Bonchev–Trinajstić information content (AvgIpc) is 3.03. The van der Waals surface area contributed by atoms with Gasteiger partial charge in [0.1, 0.15) is 29.2 Å². The van der Waals surface area contributed by atoms with Crippen LogP contribution in [0.25, 0.3) is 11.3 Å². The molecule has 7 nitrogen and oxygen atoms in total. The van der Waals surface area contributed by atoms with Crippen molar-refractivity contribution in [3.8, 4) is 17.1 Å². The van der Waals surface area contributed by atoms with Crippen LogP contribution < -0.4 is 9.22 Å². The molecule has 2 aromatic heterocycles. The summed E-state index contributed by atoms with van der Waals surface area (Å²) in [5.41, 5.74) is 2.95. The van der Waals surface area contributed by atoms with Crippen LogP contribution in [-0.2, 0) is 18.4 Å². The Morgan fingerprint density at radius 2 is 2.00 bits per heavy atom. The summed E-state index contributed by atoms with van der Waals surface area (Å²) in [5.74, 6) is 0.255. The van der Waals surface area contributed by atoms with Crippen LogP contribution in [-0.4, -0.2) is 53.3 Å². The number of quaternary nitrogens is 1. The number of aromatic nitrogens is 4. The van der Waals surface area contributed by atoms with Crippen molar-refractivity contribution in [3.63, 3.8) is 0 Å². The molecule has 0 bridgehead atoms. The molecule has 1 spiro atoms. The van der Waals surface area contributed by atoms with Gasteiger partial charge in [0, 0.05) is 24.9 Å². The molecule has 150 valence electrons. The lowest BCUT2D eigenvalue weighted by Gasteiger charge is -2.58. The maximum Gasteiger partial charge on any atom is 0.277 e. The van der Waals surface area contributed by atoms with Gasteiger partial charge in [-0.2, -0.15) is 0 Å². The third-order valence-corrected chi connectivity index (χ3v) is 5.94. The van der Waals surface area contributed by atoms with Crippen LogP contribution in [0.15, 0.2) is 42.6 Å². The summed E-state index contributed by atoms with van der Waals surface area (Å²) in [7, 11) is 3.98. The largest absolute Gasteiger partial charge is 0.467 e. The van der Waals surface area contributed by atoms with E-state index in [1.807, 2.05) is 6.07 Å². The van der Waals surface area contributed by atoms with Gasteiger partial charge in [0.25, 0.3) is 5.88 Å². The summed E-state index contributed by atoms with van der Waals surface area (Å²) in [6.45, 7) is 3.91. The summed E-state index contributed by atoms with van der Waals surface area (Å²) in [4.78, 5) is 4.47. The van der Waals surface area contributed by atoms with E-state index in [2.05, 4.69) is 28.4 Å². The lowest BCUT2D eigenvalue weighted by molar-refractivity contribution is -0.179. The second-order valence-corrected chi connectivity index (χ2v) is 8.31. The Bertz CT molecular complexity index is 1050. The molecule has 1 aromatic carbocycles. The molecular weight excluding hydrogens is 373 g/mol. The first kappa shape index (κ1) is 18.2. The fraction of sp³-hybridized carbons (Fsp3) is 0.381. The topological polar surface area (TPSA) is 62.1 Å². The van der Waals surface area contributed by atoms with Crippen molar-refractivity contribution in [3.05, 3.63) is 54.1 Å². The fourth-order valence-corrected chi connectivity index (χ4v) is 4.62. The smallest absolute Gasteiger partial charge is 0.277 e. The molecule has 0 atom stereocenters. The number of aryl methyl sites for hydroxylation is 1. The molecule has 2 saturated heterocycles. The van der Waals surface area contributed by atoms with Gasteiger partial charge in [-0.3, -0.25) is 4.48 Å². The first-order valence-corrected chi connectivity index (χ1v) is 9.64. The lowest BCUT2D eigenvalue weighted by atomic mass is 9.75. The summed E-state index contributed by atoms with van der Waals surface area (Å²) >= 11 is 0. The van der Waals surface area contributed by atoms with Gasteiger partial charge < -0.3 is 9.47 Å². The maximum atomic E-state index is 14.3. The van der Waals surface area contributed by atoms with Gasteiger partial charge in [0.05, 0.1) is 33.4 Å². The highest BCUT2D eigenvalue weighted by molar-refractivity contribution is 5.62. The van der Waals surface area contributed by atoms with Gasteiger partial charge >= 0.3 is 0 Å². The summed E-state index contributed by atoms with van der Waals surface area (Å²) in [5, 5.41) is 8.21. The normalized spacial score (nSPS) is 18.9. The maximum absolute atomic E-state index is 14.3. The zero-order valence-corrected chi connectivity index (χ0v) is 16.5. The highest BCUT2D eigenvalue weighted by Crippen LogP contribution is 2.47. The van der Waals surface area contributed by atoms with E-state index in [0.29, 0.717) is 28.2 Å². The van der Waals surface area contributed by atoms with Crippen molar-refractivity contribution in [2.45, 2.75) is 6.61 Å². The Morgan fingerprint density at radius 1 is 1.21 bits per heavy atom. The molecule has 0 saturated carbocycles. The second kappa shape index (κ2) is 6.60. The fourth-order valence-electron chi connectivity index (χ4n) is 4.62. The predicted octanol–water partition coefficient (Wildman–Crippen LogP) is 2.56. The minimum atomic E-state index is -0.334. The molecule has 0 radical (unpaired) electrons. The van der Waals surface area contributed by atoms with Crippen LogP contribution in [0.5, 0.6) is 5.88 Å². The number of hydrogen-bond acceptors (Lipinski definition) is 5. The van der Waals surface area contributed by atoms with Crippen molar-refractivity contribution < 1.29 is 13.9 Å². The molecule has 5 rings (SSSR count). The molecule has 4 heterocycles. The SMILES string of the molecule is Cn1nnc(-c2ccccc2F)c1COc1ncccc1[N+]1(C)CC2(COC2)C1. The predicted molar refractivity (Wildman–Crippen MR) is 106 cm³/mol. The number of likely N-dealkylation sites (tertiary alicyclic amines) is 1. The average molecular weight is 396 g/mol. The summed E-state index contributed by atoms with van der Waals surface area (Å²) < 4.78 is 28.2. The molecular formula is C21H23FN5O2+. The zero-order chi connectivity index (χ0) is 20.1. The molecule has 8 heteroatoms. The first-order chi connectivity index (χ1) is 14.0. The van der Waals surface area contributed by atoms with Crippen LogP contribution in [0.2, 0.25) is 0 Å². The van der Waals surface area contributed by atoms with Crippen LogP contribution >= 0.6 is 0 Å². The van der Waals surface area contributed by atoms with Crippen LogP contribution in [0.1, 0.15) is 5.69 Å². The van der Waals surface area contributed by atoms with Crippen molar-refractivity contribution in [1.29, 1.82) is 0 Å². The first-order valence-electron chi connectivity index (χ1n) is 9.64. The number of benzene rings is 1. The molecule has 0 unspecified atom stereocenters. The number of pyridine rings is 1. The van der Waals surface area contributed by atoms with Crippen molar-refractivity contribution in [1.82, 2.24) is 24.5 Å². The highest BCUT2D eigenvalue weighted by atomic mass is 19.1. The zero-order valence-electron chi connectivity index (χ0n) is 16.5. The van der Waals surface area contributed by atoms with Gasteiger partial charge in [0.15, 0.2) is 5.69 Å². The van der Waals surface area contributed by atoms with Gasteiger partial charge in [0.2, 0.25) is 0 Å². The third-order valence-electron chi connectivity index (χ3n) is 5.94. The summed E-state index contributed by atoms with van der Waals surface area (Å²) in [6, 6.07) is 10.5. The molecule has 0 N–H and O–H groups in total. The minimum absolute atomic E-state index is 0.200. The quantitative estimate of drug-likeness (QED) is 0.621. The van der Waals surface area contributed by atoms with Crippen molar-refractivity contribution in [2.24, 2.45) is 12.5 Å². The van der Waals surface area contributed by atoms with Crippen molar-refractivity contribution >= 4 is 5.69 Å². The third kappa shape index (κ3) is 2.99. The Hall–Kier alpha value is -2.84. The van der Waals surface area contributed by atoms with E-state index in [-0.39, 0.29) is 12.4 Å². The van der Waals surface area contributed by atoms with Crippen LogP contribution in [0, 0.1) is 11.2 Å². The number of nitrogens with zero attached hydrogens (tertiary/aromatic N) is 5. The minimum Gasteiger partial charge on any atom is -0.467 e. The molecule has 2 aliphatic rings.